The Hall–Kier alpha value is -4.66. The van der Waals surface area contributed by atoms with Crippen LogP contribution in [0.1, 0.15) is 21.5 Å². The van der Waals surface area contributed by atoms with Crippen LogP contribution in [-0.2, 0) is 11.3 Å². The molecule has 9 nitrogen and oxygen atoms in total. The Balaban J connectivity index is 1.72. The second kappa shape index (κ2) is 9.68. The molecule has 0 spiro atoms. The fraction of sp³-hybridized carbons (Fsp3) is 0.154. The van der Waals surface area contributed by atoms with Crippen molar-refractivity contribution in [3.8, 4) is 39.9 Å². The molecule has 0 aromatic heterocycles. The summed E-state index contributed by atoms with van der Waals surface area (Å²) in [6, 6.07) is 13.2. The number of ether oxygens (including phenoxy) is 3. The first kappa shape index (κ1) is 23.5. The smallest absolute Gasteiger partial charge is 0.260 e. The summed E-state index contributed by atoms with van der Waals surface area (Å²) in [7, 11) is 4.57. The maximum absolute atomic E-state index is 12.7. The van der Waals surface area contributed by atoms with Crippen LogP contribution >= 0.6 is 0 Å². The number of aromatic hydroxyl groups is 2. The number of phenols is 2. The molecule has 4 N–H and O–H groups in total. The summed E-state index contributed by atoms with van der Waals surface area (Å²) < 4.78 is 16.3. The average molecular weight is 476 g/mol. The summed E-state index contributed by atoms with van der Waals surface area (Å²) in [5, 5.41) is 24.5. The molecule has 180 valence electrons. The Bertz CT molecular complexity index is 1320. The summed E-state index contributed by atoms with van der Waals surface area (Å²) in [4.78, 5) is 25.1. The second-order valence-electron chi connectivity index (χ2n) is 7.72. The zero-order chi connectivity index (χ0) is 25.1. The molecule has 3 aromatic rings. The lowest BCUT2D eigenvalue weighted by atomic mass is 9.91. The minimum absolute atomic E-state index is 0.217. The van der Waals surface area contributed by atoms with Gasteiger partial charge in [0.1, 0.15) is 0 Å². The number of imide groups is 1. The molecular weight excluding hydrogens is 452 g/mol. The maximum atomic E-state index is 12.7. The summed E-state index contributed by atoms with van der Waals surface area (Å²) in [6.07, 6.45) is 1.52. The van der Waals surface area contributed by atoms with Crippen molar-refractivity contribution in [3.05, 3.63) is 71.4 Å². The van der Waals surface area contributed by atoms with Gasteiger partial charge >= 0.3 is 0 Å². The van der Waals surface area contributed by atoms with Gasteiger partial charge in [0.05, 0.1) is 26.9 Å². The number of methoxy groups -OCH3 is 3. The monoisotopic (exact) mass is 476 g/mol. The number of benzene rings is 3. The number of phenolic OH excluding ortho intramolecular Hbond substituents is 2. The van der Waals surface area contributed by atoms with E-state index >= 15 is 0 Å². The van der Waals surface area contributed by atoms with Gasteiger partial charge in [-0.2, -0.15) is 0 Å². The van der Waals surface area contributed by atoms with E-state index in [9.17, 15) is 19.8 Å². The van der Waals surface area contributed by atoms with E-state index in [4.69, 9.17) is 14.2 Å². The molecule has 0 radical (unpaired) electrons. The minimum Gasteiger partial charge on any atom is -0.504 e. The Morgan fingerprint density at radius 3 is 2.14 bits per heavy atom. The molecule has 0 fully saturated rings. The molecule has 1 heterocycles. The summed E-state index contributed by atoms with van der Waals surface area (Å²) >= 11 is 0. The van der Waals surface area contributed by atoms with E-state index in [2.05, 4.69) is 10.6 Å². The first-order valence-electron chi connectivity index (χ1n) is 10.6. The quantitative estimate of drug-likeness (QED) is 0.233. The van der Waals surface area contributed by atoms with Crippen molar-refractivity contribution in [2.45, 2.75) is 6.54 Å². The zero-order valence-electron chi connectivity index (χ0n) is 19.3. The van der Waals surface area contributed by atoms with Crippen molar-refractivity contribution >= 4 is 17.4 Å². The molecule has 0 saturated carbocycles. The highest BCUT2D eigenvalue weighted by atomic mass is 16.5. The van der Waals surface area contributed by atoms with Crippen molar-refractivity contribution in [1.82, 2.24) is 10.6 Å². The van der Waals surface area contributed by atoms with Gasteiger partial charge in [-0.05, 0) is 53.1 Å². The van der Waals surface area contributed by atoms with Crippen molar-refractivity contribution in [1.29, 1.82) is 0 Å². The number of hydrogen-bond donors (Lipinski definition) is 4. The predicted octanol–water partition coefficient (Wildman–Crippen LogP) is 3.19. The van der Waals surface area contributed by atoms with Crippen LogP contribution in [0.4, 0.5) is 0 Å². The topological polar surface area (TPSA) is 126 Å². The normalized spacial score (nSPS) is 13.7. The van der Waals surface area contributed by atoms with E-state index in [1.165, 1.54) is 39.7 Å². The van der Waals surface area contributed by atoms with Crippen molar-refractivity contribution < 1.29 is 34.0 Å². The molecule has 4 rings (SSSR count). The maximum Gasteiger partial charge on any atom is 0.260 e. The summed E-state index contributed by atoms with van der Waals surface area (Å²) in [5.74, 6) is -0.0706. The van der Waals surface area contributed by atoms with Crippen molar-refractivity contribution in [2.24, 2.45) is 0 Å². The number of nitrogens with one attached hydrogen (secondary N) is 2. The van der Waals surface area contributed by atoms with Gasteiger partial charge in [0.15, 0.2) is 23.0 Å². The van der Waals surface area contributed by atoms with Gasteiger partial charge in [0, 0.05) is 23.9 Å². The Labute approximate surface area is 201 Å². The first-order valence-corrected chi connectivity index (χ1v) is 10.6. The lowest BCUT2D eigenvalue weighted by Crippen LogP contribution is -2.37. The lowest BCUT2D eigenvalue weighted by molar-refractivity contribution is -0.114. The Morgan fingerprint density at radius 2 is 1.51 bits per heavy atom. The zero-order valence-corrected chi connectivity index (χ0v) is 19.3. The van der Waals surface area contributed by atoms with Gasteiger partial charge in [0.2, 0.25) is 5.75 Å². The molecule has 0 unspecified atom stereocenters. The number of carbonyl (C=O) groups is 2. The minimum atomic E-state index is -0.536. The van der Waals surface area contributed by atoms with E-state index in [1.54, 1.807) is 36.4 Å². The summed E-state index contributed by atoms with van der Waals surface area (Å²) in [6.45, 7) is 0.278. The van der Waals surface area contributed by atoms with Gasteiger partial charge in [-0.25, -0.2) is 0 Å². The number of rotatable bonds is 7. The van der Waals surface area contributed by atoms with Gasteiger partial charge in [-0.15, -0.1) is 0 Å². The Kier molecular flexibility index (Phi) is 6.50. The van der Waals surface area contributed by atoms with Gasteiger partial charge in [0.25, 0.3) is 11.8 Å². The fourth-order valence-corrected chi connectivity index (χ4v) is 3.85. The number of carbonyl (C=O) groups excluding carboxylic acids is 2. The molecule has 0 aliphatic carbocycles. The van der Waals surface area contributed by atoms with Crippen LogP contribution in [0.3, 0.4) is 0 Å². The van der Waals surface area contributed by atoms with E-state index in [1.807, 2.05) is 0 Å². The van der Waals surface area contributed by atoms with Gasteiger partial charge in [-0.3, -0.25) is 14.9 Å². The van der Waals surface area contributed by atoms with Gasteiger partial charge < -0.3 is 29.7 Å². The van der Waals surface area contributed by atoms with E-state index in [-0.39, 0.29) is 23.6 Å². The highest BCUT2D eigenvalue weighted by molar-refractivity contribution is 6.31. The molecule has 1 aliphatic heterocycles. The van der Waals surface area contributed by atoms with Crippen LogP contribution in [-0.4, -0.2) is 43.4 Å². The third kappa shape index (κ3) is 4.56. The molecular formula is C26H24N2O7. The van der Waals surface area contributed by atoms with Crippen LogP contribution in [0, 0.1) is 0 Å². The van der Waals surface area contributed by atoms with Crippen molar-refractivity contribution in [3.63, 3.8) is 0 Å². The van der Waals surface area contributed by atoms with Crippen molar-refractivity contribution in [2.75, 3.05) is 21.3 Å². The lowest BCUT2D eigenvalue weighted by Gasteiger charge is -2.20. The third-order valence-corrected chi connectivity index (χ3v) is 5.62. The van der Waals surface area contributed by atoms with Crippen LogP contribution in [0.5, 0.6) is 28.7 Å². The Morgan fingerprint density at radius 1 is 0.800 bits per heavy atom. The van der Waals surface area contributed by atoms with Crippen LogP contribution in [0.2, 0.25) is 0 Å². The SMILES string of the molecule is COc1cc(-c2ccc3c(c2)C(=CNCc2ccc(O)c(O)c2)C(=O)NC3=O)cc(OC)c1OC. The molecule has 2 amide bonds. The average Bonchev–Trinajstić information content (AvgIpc) is 2.86. The van der Waals surface area contributed by atoms with Crippen LogP contribution < -0.4 is 24.8 Å². The van der Waals surface area contributed by atoms with E-state index in [0.29, 0.717) is 33.9 Å². The number of hydrogen-bond acceptors (Lipinski definition) is 8. The largest absolute Gasteiger partial charge is 0.504 e. The molecule has 0 bridgehead atoms. The summed E-state index contributed by atoms with van der Waals surface area (Å²) in [5.41, 5.74) is 3.27. The third-order valence-electron chi connectivity index (χ3n) is 5.62. The van der Waals surface area contributed by atoms with E-state index < -0.39 is 11.8 Å². The molecule has 1 aliphatic rings. The van der Waals surface area contributed by atoms with Gasteiger partial charge in [-0.1, -0.05) is 12.1 Å². The van der Waals surface area contributed by atoms with Crippen LogP contribution in [0.25, 0.3) is 16.7 Å². The fourth-order valence-electron chi connectivity index (χ4n) is 3.85. The highest BCUT2D eigenvalue weighted by Gasteiger charge is 2.28. The second-order valence-corrected chi connectivity index (χ2v) is 7.72. The highest BCUT2D eigenvalue weighted by Crippen LogP contribution is 2.42. The standard InChI is InChI=1S/C26H24N2O7/c1-33-22-10-16(11-23(34-2)24(22)35-3)15-5-6-17-18(9-15)19(26(32)28-25(17)31)13-27-12-14-4-7-20(29)21(30)8-14/h4-11,13,27,29-30H,12H2,1-3H3,(H,28,31,32). The molecule has 35 heavy (non-hydrogen) atoms. The van der Waals surface area contributed by atoms with Crippen LogP contribution in [0.15, 0.2) is 54.7 Å². The number of amides is 2. The molecule has 3 aromatic carbocycles. The van der Waals surface area contributed by atoms with E-state index in [0.717, 1.165) is 11.1 Å². The molecule has 0 atom stereocenters. The number of fused-ring (bicyclic) bond motifs is 1. The first-order chi connectivity index (χ1) is 16.9. The molecule has 9 heteroatoms. The predicted molar refractivity (Wildman–Crippen MR) is 129 cm³/mol. The molecule has 0 saturated heterocycles.